The maximum atomic E-state index is 9.17. The van der Waals surface area contributed by atoms with E-state index in [9.17, 15) is 4.79 Å². The zero-order valence-electron chi connectivity index (χ0n) is 11.4. The minimum atomic E-state index is 0.639. The molecule has 0 radical (unpaired) electrons. The Morgan fingerprint density at radius 2 is 1.56 bits per heavy atom. The highest BCUT2D eigenvalue weighted by Crippen LogP contribution is 2.27. The van der Waals surface area contributed by atoms with E-state index in [1.54, 1.807) is 0 Å². The maximum Gasteiger partial charge on any atom is 0.119 e. The van der Waals surface area contributed by atoms with E-state index < -0.39 is 0 Å². The van der Waals surface area contributed by atoms with Crippen LogP contribution in [0.5, 0.6) is 0 Å². The van der Waals surface area contributed by atoms with Gasteiger partial charge in [-0.25, -0.2) is 0 Å². The van der Waals surface area contributed by atoms with Crippen molar-refractivity contribution in [2.45, 2.75) is 46.1 Å². The Bertz CT molecular complexity index is 161. The van der Waals surface area contributed by atoms with Crippen molar-refractivity contribution in [2.75, 3.05) is 33.2 Å². The van der Waals surface area contributed by atoms with Crippen molar-refractivity contribution in [3.63, 3.8) is 0 Å². The Hall–Kier alpha value is -0.410. The molecular formula is C13H28N2O. The van der Waals surface area contributed by atoms with Crippen LogP contribution in [0.3, 0.4) is 0 Å². The fourth-order valence-electron chi connectivity index (χ4n) is 1.63. The van der Waals surface area contributed by atoms with Crippen LogP contribution in [-0.2, 0) is 4.79 Å². The molecule has 16 heavy (non-hydrogen) atoms. The van der Waals surface area contributed by atoms with Crippen molar-refractivity contribution >= 4 is 6.29 Å². The molecule has 0 spiro atoms. The average molecular weight is 228 g/mol. The minimum absolute atomic E-state index is 0.639. The zero-order chi connectivity index (χ0) is 12.4. The summed E-state index contributed by atoms with van der Waals surface area (Å²) in [6.07, 6.45) is 4.44. The van der Waals surface area contributed by atoms with Gasteiger partial charge in [0.05, 0.1) is 0 Å². The molecule has 0 aromatic rings. The summed E-state index contributed by atoms with van der Waals surface area (Å²) in [6.45, 7) is 11.0. The molecule has 0 atom stereocenters. The van der Waals surface area contributed by atoms with Crippen LogP contribution in [-0.4, -0.2) is 55.4 Å². The molecular weight excluding hydrogens is 200 g/mol. The topological polar surface area (TPSA) is 23.6 Å². The molecule has 3 nitrogen and oxygen atoms in total. The molecule has 0 aromatic heterocycles. The van der Waals surface area contributed by atoms with Crippen LogP contribution in [0.1, 0.15) is 40.0 Å². The van der Waals surface area contributed by atoms with Crippen LogP contribution in [0, 0.1) is 0 Å². The number of carbonyl (C=O) groups excluding carboxylic acids is 1. The Labute approximate surface area is 101 Å². The lowest BCUT2D eigenvalue weighted by atomic mass is 10.3. The highest BCUT2D eigenvalue weighted by Gasteiger charge is 2.30. The van der Waals surface area contributed by atoms with Crippen LogP contribution >= 0.6 is 0 Å². The predicted octanol–water partition coefficient (Wildman–Crippen LogP) is 2.02. The summed E-state index contributed by atoms with van der Waals surface area (Å²) >= 11 is 0. The summed E-state index contributed by atoms with van der Waals surface area (Å²) < 4.78 is 0. The van der Waals surface area contributed by atoms with E-state index in [2.05, 4.69) is 16.8 Å². The second kappa shape index (κ2) is 9.79. The van der Waals surface area contributed by atoms with Gasteiger partial charge in [-0.05, 0) is 19.9 Å². The molecule has 2 aliphatic rings. The molecule has 1 saturated heterocycles. The smallest absolute Gasteiger partial charge is 0.119 e. The number of hydrogen-bond donors (Lipinski definition) is 0. The van der Waals surface area contributed by atoms with E-state index in [0.717, 1.165) is 12.3 Å². The Morgan fingerprint density at radius 3 is 1.88 bits per heavy atom. The quantitative estimate of drug-likeness (QED) is 0.676. The van der Waals surface area contributed by atoms with Gasteiger partial charge in [0.2, 0.25) is 0 Å². The average Bonchev–Trinajstić information content (AvgIpc) is 3.17. The summed E-state index contributed by atoms with van der Waals surface area (Å²) in [5.41, 5.74) is 0. The van der Waals surface area contributed by atoms with Crippen molar-refractivity contribution in [3.8, 4) is 0 Å². The van der Waals surface area contributed by atoms with Crippen molar-refractivity contribution in [1.29, 1.82) is 0 Å². The molecule has 1 saturated carbocycles. The van der Waals surface area contributed by atoms with E-state index in [-0.39, 0.29) is 0 Å². The molecule has 1 aliphatic carbocycles. The van der Waals surface area contributed by atoms with Gasteiger partial charge in [0.25, 0.3) is 0 Å². The number of carbonyl (C=O) groups is 1. The first-order valence-electron chi connectivity index (χ1n) is 6.64. The van der Waals surface area contributed by atoms with Crippen molar-refractivity contribution in [1.82, 2.24) is 9.80 Å². The summed E-state index contributed by atoms with van der Waals surface area (Å²) in [6, 6.07) is 0.980. The summed E-state index contributed by atoms with van der Waals surface area (Å²) in [7, 11) is 2.21. The molecule has 0 N–H and O–H groups in total. The Morgan fingerprint density at radius 1 is 1.12 bits per heavy atom. The van der Waals surface area contributed by atoms with E-state index in [4.69, 9.17) is 0 Å². The number of rotatable bonds is 2. The van der Waals surface area contributed by atoms with E-state index >= 15 is 0 Å². The number of nitrogens with zero attached hydrogens (tertiary/aromatic N) is 2. The van der Waals surface area contributed by atoms with Crippen LogP contribution in [0.25, 0.3) is 0 Å². The van der Waals surface area contributed by atoms with E-state index in [1.165, 1.54) is 39.0 Å². The van der Waals surface area contributed by atoms with Gasteiger partial charge in [-0.15, -0.1) is 0 Å². The third-order valence-electron chi connectivity index (χ3n) is 2.77. The number of hydrogen-bond acceptors (Lipinski definition) is 3. The van der Waals surface area contributed by atoms with Crippen LogP contribution in [0.15, 0.2) is 0 Å². The van der Waals surface area contributed by atoms with Gasteiger partial charge in [0.1, 0.15) is 6.29 Å². The predicted molar refractivity (Wildman–Crippen MR) is 69.8 cm³/mol. The van der Waals surface area contributed by atoms with Crippen molar-refractivity contribution in [2.24, 2.45) is 0 Å². The van der Waals surface area contributed by atoms with Crippen molar-refractivity contribution in [3.05, 3.63) is 0 Å². The molecule has 96 valence electrons. The largest absolute Gasteiger partial charge is 0.304 e. The van der Waals surface area contributed by atoms with Gasteiger partial charge in [-0.3, -0.25) is 4.90 Å². The first-order valence-corrected chi connectivity index (χ1v) is 6.64. The van der Waals surface area contributed by atoms with Gasteiger partial charge in [0, 0.05) is 38.6 Å². The van der Waals surface area contributed by atoms with Crippen LogP contribution in [0.2, 0.25) is 0 Å². The fourth-order valence-corrected chi connectivity index (χ4v) is 1.63. The Kier molecular flexibility index (Phi) is 9.54. The van der Waals surface area contributed by atoms with Gasteiger partial charge in [-0.1, -0.05) is 20.8 Å². The second-order valence-corrected chi connectivity index (χ2v) is 4.15. The number of piperazine rings is 1. The first kappa shape index (κ1) is 15.6. The van der Waals surface area contributed by atoms with Crippen LogP contribution in [0.4, 0.5) is 0 Å². The van der Waals surface area contributed by atoms with Crippen LogP contribution < -0.4 is 0 Å². The lowest BCUT2D eigenvalue weighted by Gasteiger charge is -2.32. The molecule has 0 unspecified atom stereocenters. The fraction of sp³-hybridized carbons (Fsp3) is 0.923. The first-order chi connectivity index (χ1) is 7.77. The second-order valence-electron chi connectivity index (χ2n) is 4.15. The third kappa shape index (κ3) is 6.96. The number of likely N-dealkylation sites (N-methyl/N-ethyl adjacent to an activating group) is 1. The molecule has 2 fully saturated rings. The molecule has 0 amide bonds. The number of aldehydes is 1. The van der Waals surface area contributed by atoms with Crippen molar-refractivity contribution < 1.29 is 4.79 Å². The lowest BCUT2D eigenvalue weighted by Crippen LogP contribution is -2.45. The molecule has 2 rings (SSSR count). The van der Waals surface area contributed by atoms with Gasteiger partial charge in [0.15, 0.2) is 0 Å². The normalized spacial score (nSPS) is 21.2. The molecule has 0 bridgehead atoms. The third-order valence-corrected chi connectivity index (χ3v) is 2.77. The maximum absolute atomic E-state index is 9.17. The minimum Gasteiger partial charge on any atom is -0.304 e. The highest BCUT2D eigenvalue weighted by molar-refractivity contribution is 5.48. The molecule has 1 aliphatic heterocycles. The summed E-state index contributed by atoms with van der Waals surface area (Å²) in [5, 5.41) is 0. The van der Waals surface area contributed by atoms with Gasteiger partial charge < -0.3 is 9.69 Å². The molecule has 0 aromatic carbocycles. The highest BCUT2D eigenvalue weighted by atomic mass is 16.1. The van der Waals surface area contributed by atoms with Gasteiger partial charge >= 0.3 is 0 Å². The summed E-state index contributed by atoms with van der Waals surface area (Å²) in [4.78, 5) is 14.2. The van der Waals surface area contributed by atoms with E-state index in [1.807, 2.05) is 20.8 Å². The summed E-state index contributed by atoms with van der Waals surface area (Å²) in [5.74, 6) is 0. The monoisotopic (exact) mass is 228 g/mol. The Balaban J connectivity index is 0.000000323. The standard InChI is InChI=1S/C8H16N2.C3H6O.C2H6/c1-9-4-6-10(7-5-9)8-2-3-8;1-2-3-4;1-2/h8H,2-7H2,1H3;3H,2H2,1H3;1-2H3. The molecule has 1 heterocycles. The lowest BCUT2D eigenvalue weighted by molar-refractivity contribution is -0.107. The molecule has 3 heteroatoms. The van der Waals surface area contributed by atoms with Gasteiger partial charge in [-0.2, -0.15) is 0 Å². The zero-order valence-corrected chi connectivity index (χ0v) is 11.4. The van der Waals surface area contributed by atoms with E-state index in [0.29, 0.717) is 6.42 Å². The SMILES string of the molecule is CC.CCC=O.CN1CCN(C2CC2)CC1.